The SMILES string of the molecule is Cc1c(C)c(S(=O)(=O)NC(N)=NCCC[C@H](NC(=O)[C@H]2C[C@@H](NC(=O)[C@@H](N)CC(=O)OC(C)(C)C)CN2C(=O)OC(C)(C)C)C(=O)NCC(=O)O)c(C)c2c1OC(C)(C)CC2. The molecular formula is C40H64N8O12S. The molecule has 1 aromatic carbocycles. The lowest BCUT2D eigenvalue weighted by atomic mass is 9.88. The molecule has 61 heavy (non-hydrogen) atoms. The first-order valence-corrected chi connectivity index (χ1v) is 21.6. The lowest BCUT2D eigenvalue weighted by Gasteiger charge is -2.35. The highest BCUT2D eigenvalue weighted by Gasteiger charge is 2.43. The van der Waals surface area contributed by atoms with Gasteiger partial charge in [-0.2, -0.15) is 0 Å². The van der Waals surface area contributed by atoms with Crippen molar-refractivity contribution in [3.8, 4) is 5.75 Å². The van der Waals surface area contributed by atoms with Gasteiger partial charge in [0, 0.05) is 19.1 Å². The molecule has 4 atom stereocenters. The Balaban J connectivity index is 1.76. The molecule has 3 rings (SSSR count). The molecule has 0 radical (unpaired) electrons. The fourth-order valence-corrected chi connectivity index (χ4v) is 8.49. The predicted molar refractivity (Wildman–Crippen MR) is 224 cm³/mol. The zero-order valence-corrected chi connectivity index (χ0v) is 37.9. The predicted octanol–water partition coefficient (Wildman–Crippen LogP) is 1.33. The molecule has 0 aliphatic carbocycles. The standard InChI is InChI=1S/C40H64N8O12S/c1-21-22(2)32(23(3)25-14-15-40(10,11)59-31(21)25)61(56,57)47-36(42)43-16-12-13-27(34(53)44-19-29(49)50)46-35(54)28-17-24(20-48(28)37(55)60-39(7,8)9)45-33(52)26(41)18-30(51)58-38(4,5)6/h24,26-28H,12-20,41H2,1-11H3,(H,44,53)(H,45,52)(H,46,54)(H,49,50)(H3,42,43,47)/t24-,26+,27+,28-/m1/s1. The van der Waals surface area contributed by atoms with Crippen LogP contribution in [-0.4, -0.2) is 121 Å². The number of carboxylic acid groups (broad SMARTS) is 1. The number of sulfonamides is 1. The lowest BCUT2D eigenvalue weighted by Crippen LogP contribution is -2.54. The summed E-state index contributed by atoms with van der Waals surface area (Å²) in [5, 5.41) is 16.7. The van der Waals surface area contributed by atoms with E-state index >= 15 is 0 Å². The van der Waals surface area contributed by atoms with Crippen molar-refractivity contribution in [2.24, 2.45) is 16.5 Å². The summed E-state index contributed by atoms with van der Waals surface area (Å²) in [6, 6.07) is -4.72. The van der Waals surface area contributed by atoms with Gasteiger partial charge in [0.2, 0.25) is 23.7 Å². The third-order valence-electron chi connectivity index (χ3n) is 9.88. The van der Waals surface area contributed by atoms with Gasteiger partial charge in [-0.05, 0) is 131 Å². The van der Waals surface area contributed by atoms with E-state index in [4.69, 9.17) is 25.7 Å². The van der Waals surface area contributed by atoms with Gasteiger partial charge in [-0.3, -0.25) is 33.9 Å². The number of aliphatic imine (C=N–C) groups is 1. The molecule has 2 heterocycles. The summed E-state index contributed by atoms with van der Waals surface area (Å²) in [6.45, 7) is 18.0. The Labute approximate surface area is 357 Å². The maximum absolute atomic E-state index is 13.9. The first-order chi connectivity index (χ1) is 27.9. The molecule has 4 amide bonds. The summed E-state index contributed by atoms with van der Waals surface area (Å²) in [5.41, 5.74) is 12.4. The van der Waals surface area contributed by atoms with Crippen LogP contribution in [0.25, 0.3) is 0 Å². The summed E-state index contributed by atoms with van der Waals surface area (Å²) in [7, 11) is -4.20. The number of nitrogens with two attached hydrogens (primary N) is 2. The molecule has 0 aromatic heterocycles. The van der Waals surface area contributed by atoms with Gasteiger partial charge in [0.05, 0.1) is 17.4 Å². The van der Waals surface area contributed by atoms with Crippen molar-refractivity contribution in [2.45, 2.75) is 161 Å². The van der Waals surface area contributed by atoms with E-state index in [2.05, 4.69) is 25.7 Å². The van der Waals surface area contributed by atoms with E-state index in [9.17, 15) is 42.3 Å². The van der Waals surface area contributed by atoms with Crippen molar-refractivity contribution < 1.29 is 56.5 Å². The van der Waals surface area contributed by atoms with Gasteiger partial charge in [-0.1, -0.05) is 0 Å². The molecule has 342 valence electrons. The average molecular weight is 881 g/mol. The number of guanidine groups is 1. The Morgan fingerprint density at radius 3 is 2.20 bits per heavy atom. The van der Waals surface area contributed by atoms with Gasteiger partial charge in [0.15, 0.2) is 0 Å². The van der Waals surface area contributed by atoms with Crippen LogP contribution in [0.3, 0.4) is 0 Å². The number of aliphatic carboxylic acids is 1. The Hall–Kier alpha value is -5.18. The van der Waals surface area contributed by atoms with E-state index in [-0.39, 0.29) is 37.2 Å². The van der Waals surface area contributed by atoms with Gasteiger partial charge < -0.3 is 46.7 Å². The number of carbonyl (C=O) groups is 6. The number of esters is 1. The summed E-state index contributed by atoms with van der Waals surface area (Å²) < 4.78 is 46.6. The second-order valence-electron chi connectivity index (χ2n) is 18.0. The van der Waals surface area contributed by atoms with E-state index in [1.807, 2.05) is 13.8 Å². The monoisotopic (exact) mass is 880 g/mol. The highest BCUT2D eigenvalue weighted by Crippen LogP contribution is 2.42. The molecule has 0 spiro atoms. The zero-order valence-electron chi connectivity index (χ0n) is 37.1. The van der Waals surface area contributed by atoms with Crippen LogP contribution in [0.1, 0.15) is 110 Å². The number of carboxylic acids is 1. The van der Waals surface area contributed by atoms with Crippen molar-refractivity contribution >= 4 is 51.7 Å². The lowest BCUT2D eigenvalue weighted by molar-refractivity contribution is -0.156. The van der Waals surface area contributed by atoms with Crippen LogP contribution < -0.4 is 36.9 Å². The number of nitrogens with zero attached hydrogens (tertiary/aromatic N) is 2. The van der Waals surface area contributed by atoms with E-state index in [0.29, 0.717) is 35.3 Å². The Morgan fingerprint density at radius 1 is 0.984 bits per heavy atom. The molecule has 1 aromatic rings. The van der Waals surface area contributed by atoms with Gasteiger partial charge in [0.25, 0.3) is 10.0 Å². The van der Waals surface area contributed by atoms with Crippen molar-refractivity contribution in [1.29, 1.82) is 0 Å². The van der Waals surface area contributed by atoms with Crippen LogP contribution in [0, 0.1) is 20.8 Å². The number of hydrogen-bond acceptors (Lipinski definition) is 13. The molecule has 21 heteroatoms. The number of carbonyl (C=O) groups excluding carboxylic acids is 5. The summed E-state index contributed by atoms with van der Waals surface area (Å²) in [4.78, 5) is 82.2. The number of fused-ring (bicyclic) bond motifs is 1. The van der Waals surface area contributed by atoms with Crippen molar-refractivity contribution in [2.75, 3.05) is 19.6 Å². The van der Waals surface area contributed by atoms with E-state index < -0.39 is 106 Å². The van der Waals surface area contributed by atoms with Crippen molar-refractivity contribution in [3.05, 3.63) is 22.3 Å². The number of benzene rings is 1. The summed E-state index contributed by atoms with van der Waals surface area (Å²) in [5.74, 6) is -4.16. The third-order valence-corrected chi connectivity index (χ3v) is 11.5. The van der Waals surface area contributed by atoms with Crippen LogP contribution in [0.5, 0.6) is 5.75 Å². The Kier molecular flexibility index (Phi) is 16.2. The van der Waals surface area contributed by atoms with Gasteiger partial charge >= 0.3 is 18.0 Å². The topological polar surface area (TPSA) is 300 Å². The smallest absolute Gasteiger partial charge is 0.411 e. The quantitative estimate of drug-likeness (QED) is 0.0566. The van der Waals surface area contributed by atoms with Crippen LogP contribution in [0.4, 0.5) is 4.79 Å². The molecule has 0 saturated carbocycles. The van der Waals surface area contributed by atoms with Gasteiger partial charge in [-0.15, -0.1) is 0 Å². The molecule has 9 N–H and O–H groups in total. The van der Waals surface area contributed by atoms with E-state index in [1.165, 1.54) is 0 Å². The molecule has 0 bridgehead atoms. The molecule has 1 saturated heterocycles. The second kappa shape index (κ2) is 19.7. The minimum absolute atomic E-state index is 0.0612. The number of ether oxygens (including phenoxy) is 3. The first kappa shape index (κ1) is 50.2. The van der Waals surface area contributed by atoms with Gasteiger partial charge in [0.1, 0.15) is 41.2 Å². The molecule has 2 aliphatic heterocycles. The van der Waals surface area contributed by atoms with Gasteiger partial charge in [-0.25, -0.2) is 17.9 Å². The zero-order chi connectivity index (χ0) is 46.4. The minimum Gasteiger partial charge on any atom is -0.487 e. The summed E-state index contributed by atoms with van der Waals surface area (Å²) in [6.07, 6.45) is -0.160. The highest BCUT2D eigenvalue weighted by atomic mass is 32.2. The largest absolute Gasteiger partial charge is 0.487 e. The number of nitrogens with one attached hydrogen (secondary N) is 4. The molecular weight excluding hydrogens is 817 g/mol. The maximum atomic E-state index is 13.9. The number of rotatable bonds is 15. The van der Waals surface area contributed by atoms with Crippen molar-refractivity contribution in [1.82, 2.24) is 25.6 Å². The maximum Gasteiger partial charge on any atom is 0.411 e. The fraction of sp³-hybridized carbons (Fsp3) is 0.675. The van der Waals surface area contributed by atoms with E-state index in [0.717, 1.165) is 10.5 Å². The fourth-order valence-electron chi connectivity index (χ4n) is 6.96. The molecule has 2 aliphatic rings. The molecule has 1 fully saturated rings. The van der Waals surface area contributed by atoms with Crippen LogP contribution in [-0.2, 0) is 49.9 Å². The average Bonchev–Trinajstić information content (AvgIpc) is 3.52. The summed E-state index contributed by atoms with van der Waals surface area (Å²) >= 11 is 0. The Morgan fingerprint density at radius 2 is 1.61 bits per heavy atom. The second-order valence-corrected chi connectivity index (χ2v) is 19.7. The third kappa shape index (κ3) is 14.5. The first-order valence-electron chi connectivity index (χ1n) is 20.1. The van der Waals surface area contributed by atoms with Crippen LogP contribution in [0.15, 0.2) is 9.89 Å². The number of amides is 4. The molecule has 20 nitrogen and oxygen atoms in total. The number of likely N-dealkylation sites (tertiary alicyclic amines) is 1. The minimum atomic E-state index is -4.20. The van der Waals surface area contributed by atoms with Crippen LogP contribution in [0.2, 0.25) is 0 Å². The molecule has 0 unspecified atom stereocenters. The number of hydrogen-bond donors (Lipinski definition) is 7. The van der Waals surface area contributed by atoms with Crippen molar-refractivity contribution in [3.63, 3.8) is 0 Å². The highest BCUT2D eigenvalue weighted by molar-refractivity contribution is 7.90. The normalized spacial score (nSPS) is 18.8. The van der Waals surface area contributed by atoms with E-state index in [1.54, 1.807) is 62.3 Å². The Bertz CT molecular complexity index is 2010. The van der Waals surface area contributed by atoms with Crippen LogP contribution >= 0.6 is 0 Å².